The third-order valence-electron chi connectivity index (χ3n) is 5.31. The van der Waals surface area contributed by atoms with Gasteiger partial charge in [-0.2, -0.15) is 0 Å². The van der Waals surface area contributed by atoms with Gasteiger partial charge in [0.1, 0.15) is 11.3 Å². The Morgan fingerprint density at radius 2 is 1.67 bits per heavy atom. The Kier molecular flexibility index (Phi) is 5.80. The zero-order chi connectivity index (χ0) is 20.9. The molecule has 0 bridgehead atoms. The largest absolute Gasteiger partial charge is 0.497 e. The third-order valence-corrected chi connectivity index (χ3v) is 5.31. The molecule has 3 aromatic rings. The van der Waals surface area contributed by atoms with E-state index < -0.39 is 0 Å². The van der Waals surface area contributed by atoms with Crippen LogP contribution < -0.4 is 9.47 Å². The van der Waals surface area contributed by atoms with E-state index in [4.69, 9.17) is 9.47 Å². The molecule has 0 saturated heterocycles. The molecular weight excluding hydrogens is 376 g/mol. The molecular formula is C25H24N2O3. The Hall–Kier alpha value is -3.60. The molecule has 0 radical (unpaired) electrons. The van der Waals surface area contributed by atoms with E-state index in [0.29, 0.717) is 24.5 Å². The standard InChI is InChI=1S/C25H24N2O3/c1-29-21-10-8-20(9-11-21)23-13-12-22(24(26-23)30-2)25(28)27-16-14-19(15-17-27)18-6-4-3-5-7-18/h3-14H,15-17H2,1-2H3. The second kappa shape index (κ2) is 8.82. The Balaban J connectivity index is 1.53. The number of aromatic nitrogens is 1. The highest BCUT2D eigenvalue weighted by Crippen LogP contribution is 2.28. The maximum Gasteiger partial charge on any atom is 0.259 e. The first-order valence-corrected chi connectivity index (χ1v) is 9.93. The number of hydrogen-bond acceptors (Lipinski definition) is 4. The summed E-state index contributed by atoms with van der Waals surface area (Å²) in [4.78, 5) is 19.5. The number of nitrogens with zero attached hydrogens (tertiary/aromatic N) is 2. The number of benzene rings is 2. The second-order valence-electron chi connectivity index (χ2n) is 7.08. The highest BCUT2D eigenvalue weighted by Gasteiger charge is 2.23. The van der Waals surface area contributed by atoms with Gasteiger partial charge in [0.05, 0.1) is 19.9 Å². The van der Waals surface area contributed by atoms with E-state index >= 15 is 0 Å². The number of ether oxygens (including phenoxy) is 2. The van der Waals surface area contributed by atoms with E-state index in [1.165, 1.54) is 11.1 Å². The van der Waals surface area contributed by atoms with Crippen molar-refractivity contribution in [1.82, 2.24) is 9.88 Å². The minimum atomic E-state index is -0.0657. The average molecular weight is 400 g/mol. The highest BCUT2D eigenvalue weighted by atomic mass is 16.5. The van der Waals surface area contributed by atoms with Crippen LogP contribution in [0.4, 0.5) is 0 Å². The smallest absolute Gasteiger partial charge is 0.259 e. The van der Waals surface area contributed by atoms with E-state index in [9.17, 15) is 4.79 Å². The quantitative estimate of drug-likeness (QED) is 0.623. The van der Waals surface area contributed by atoms with Crippen molar-refractivity contribution < 1.29 is 14.3 Å². The van der Waals surface area contributed by atoms with Gasteiger partial charge in [-0.05, 0) is 54.0 Å². The summed E-state index contributed by atoms with van der Waals surface area (Å²) in [6.07, 6.45) is 2.96. The van der Waals surface area contributed by atoms with Gasteiger partial charge in [0.25, 0.3) is 5.91 Å². The monoisotopic (exact) mass is 400 g/mol. The number of carbonyl (C=O) groups excluding carboxylic acids is 1. The lowest BCUT2D eigenvalue weighted by molar-refractivity contribution is 0.0768. The molecule has 0 N–H and O–H groups in total. The Morgan fingerprint density at radius 3 is 2.30 bits per heavy atom. The van der Waals surface area contributed by atoms with Crippen LogP contribution >= 0.6 is 0 Å². The van der Waals surface area contributed by atoms with Crippen LogP contribution in [0.5, 0.6) is 11.6 Å². The summed E-state index contributed by atoms with van der Waals surface area (Å²) in [6.45, 7) is 1.25. The number of methoxy groups -OCH3 is 2. The lowest BCUT2D eigenvalue weighted by atomic mass is 9.99. The number of pyridine rings is 1. The molecule has 30 heavy (non-hydrogen) atoms. The molecule has 1 aliphatic heterocycles. The van der Waals surface area contributed by atoms with Crippen LogP contribution in [-0.2, 0) is 0 Å². The molecule has 1 amide bonds. The molecule has 0 spiro atoms. The first kappa shape index (κ1) is 19.7. The topological polar surface area (TPSA) is 51.7 Å². The fourth-order valence-electron chi connectivity index (χ4n) is 3.62. The lowest BCUT2D eigenvalue weighted by Crippen LogP contribution is -2.35. The van der Waals surface area contributed by atoms with Gasteiger partial charge in [0.15, 0.2) is 0 Å². The van der Waals surface area contributed by atoms with Crippen LogP contribution in [0.1, 0.15) is 22.3 Å². The van der Waals surface area contributed by atoms with E-state index in [-0.39, 0.29) is 5.91 Å². The molecule has 2 aromatic carbocycles. The van der Waals surface area contributed by atoms with E-state index in [1.54, 1.807) is 20.3 Å². The second-order valence-corrected chi connectivity index (χ2v) is 7.08. The fourth-order valence-corrected chi connectivity index (χ4v) is 3.62. The van der Waals surface area contributed by atoms with Gasteiger partial charge in [-0.1, -0.05) is 36.4 Å². The van der Waals surface area contributed by atoms with Gasteiger partial charge in [-0.15, -0.1) is 0 Å². The molecule has 152 valence electrons. The minimum absolute atomic E-state index is 0.0657. The summed E-state index contributed by atoms with van der Waals surface area (Å²) in [5, 5.41) is 0. The fraction of sp³-hybridized carbons (Fsp3) is 0.200. The number of carbonyl (C=O) groups is 1. The molecule has 1 aromatic heterocycles. The van der Waals surface area contributed by atoms with Crippen molar-refractivity contribution in [1.29, 1.82) is 0 Å². The highest BCUT2D eigenvalue weighted by molar-refractivity contribution is 5.97. The summed E-state index contributed by atoms with van der Waals surface area (Å²) in [6, 6.07) is 21.6. The molecule has 5 nitrogen and oxygen atoms in total. The molecule has 0 fully saturated rings. The lowest BCUT2D eigenvalue weighted by Gasteiger charge is -2.27. The molecule has 0 unspecified atom stereocenters. The maximum absolute atomic E-state index is 13.1. The first-order chi connectivity index (χ1) is 14.7. The van der Waals surface area contributed by atoms with Crippen molar-refractivity contribution in [3.05, 3.63) is 83.9 Å². The van der Waals surface area contributed by atoms with Crippen molar-refractivity contribution in [2.45, 2.75) is 6.42 Å². The number of hydrogen-bond donors (Lipinski definition) is 0. The van der Waals surface area contributed by atoms with E-state index in [2.05, 4.69) is 23.2 Å². The van der Waals surface area contributed by atoms with Crippen LogP contribution in [0.25, 0.3) is 16.8 Å². The van der Waals surface area contributed by atoms with Gasteiger partial charge in [0, 0.05) is 18.7 Å². The van der Waals surface area contributed by atoms with E-state index in [0.717, 1.165) is 23.4 Å². The zero-order valence-electron chi connectivity index (χ0n) is 17.2. The third kappa shape index (κ3) is 4.06. The zero-order valence-corrected chi connectivity index (χ0v) is 17.2. The summed E-state index contributed by atoms with van der Waals surface area (Å²) in [5.41, 5.74) is 4.65. The Labute approximate surface area is 176 Å². The number of amides is 1. The van der Waals surface area contributed by atoms with Crippen molar-refractivity contribution in [2.75, 3.05) is 27.3 Å². The van der Waals surface area contributed by atoms with Crippen LogP contribution in [0.15, 0.2) is 72.8 Å². The SMILES string of the molecule is COc1ccc(-c2ccc(C(=O)N3CC=C(c4ccccc4)CC3)c(OC)n2)cc1. The minimum Gasteiger partial charge on any atom is -0.497 e. The van der Waals surface area contributed by atoms with Gasteiger partial charge in [-0.25, -0.2) is 4.98 Å². The first-order valence-electron chi connectivity index (χ1n) is 9.93. The van der Waals surface area contributed by atoms with Crippen molar-refractivity contribution in [3.63, 3.8) is 0 Å². The van der Waals surface area contributed by atoms with Crippen molar-refractivity contribution >= 4 is 11.5 Å². The van der Waals surface area contributed by atoms with Crippen LogP contribution in [0, 0.1) is 0 Å². The van der Waals surface area contributed by atoms with Gasteiger partial charge in [0.2, 0.25) is 5.88 Å². The van der Waals surface area contributed by atoms with Crippen molar-refractivity contribution in [2.24, 2.45) is 0 Å². The average Bonchev–Trinajstić information content (AvgIpc) is 2.84. The summed E-state index contributed by atoms with van der Waals surface area (Å²) >= 11 is 0. The van der Waals surface area contributed by atoms with Crippen molar-refractivity contribution in [3.8, 4) is 22.9 Å². The van der Waals surface area contributed by atoms with Crippen LogP contribution in [-0.4, -0.2) is 43.1 Å². The van der Waals surface area contributed by atoms with Crippen LogP contribution in [0.2, 0.25) is 0 Å². The maximum atomic E-state index is 13.1. The molecule has 4 rings (SSSR count). The van der Waals surface area contributed by atoms with E-state index in [1.807, 2.05) is 53.4 Å². The van der Waals surface area contributed by atoms with Gasteiger partial charge < -0.3 is 14.4 Å². The summed E-state index contributed by atoms with van der Waals surface area (Å²) < 4.78 is 10.7. The molecule has 0 atom stereocenters. The molecule has 5 heteroatoms. The molecule has 1 aliphatic rings. The summed E-state index contributed by atoms with van der Waals surface area (Å²) in [7, 11) is 3.18. The normalized spacial score (nSPS) is 13.5. The van der Waals surface area contributed by atoms with Gasteiger partial charge in [-0.3, -0.25) is 4.79 Å². The molecule has 0 aliphatic carbocycles. The molecule has 0 saturated carbocycles. The predicted molar refractivity (Wildman–Crippen MR) is 118 cm³/mol. The Bertz CT molecular complexity index is 1060. The predicted octanol–water partition coefficient (Wildman–Crippen LogP) is 4.70. The van der Waals surface area contributed by atoms with Crippen LogP contribution in [0.3, 0.4) is 0 Å². The molecule has 2 heterocycles. The number of rotatable bonds is 5. The Morgan fingerprint density at radius 1 is 0.900 bits per heavy atom. The van der Waals surface area contributed by atoms with Gasteiger partial charge >= 0.3 is 0 Å². The summed E-state index contributed by atoms with van der Waals surface area (Å²) in [5.74, 6) is 1.06.